The average molecular weight is 558 g/mol. The molecule has 41 heavy (non-hydrogen) atoms. The van der Waals surface area contributed by atoms with E-state index in [2.05, 4.69) is 42.4 Å². The van der Waals surface area contributed by atoms with E-state index in [4.69, 9.17) is 14.2 Å². The van der Waals surface area contributed by atoms with Crippen molar-refractivity contribution in [3.63, 3.8) is 0 Å². The van der Waals surface area contributed by atoms with Crippen LogP contribution >= 0.6 is 0 Å². The summed E-state index contributed by atoms with van der Waals surface area (Å²) in [6.45, 7) is 6.93. The first kappa shape index (κ1) is 26.0. The van der Waals surface area contributed by atoms with Crippen LogP contribution in [0.1, 0.15) is 61.6 Å². The van der Waals surface area contributed by atoms with Crippen LogP contribution in [0, 0.1) is 0 Å². The number of ether oxygens (including phenoxy) is 3. The molecule has 0 bridgehead atoms. The van der Waals surface area contributed by atoms with Gasteiger partial charge in [-0.1, -0.05) is 18.9 Å². The highest BCUT2D eigenvalue weighted by molar-refractivity contribution is 5.80. The second-order valence-electron chi connectivity index (χ2n) is 11.1. The quantitative estimate of drug-likeness (QED) is 0.347. The summed E-state index contributed by atoms with van der Waals surface area (Å²) in [5, 5.41) is 14.0. The lowest BCUT2D eigenvalue weighted by Crippen LogP contribution is -2.48. The van der Waals surface area contributed by atoms with Crippen molar-refractivity contribution in [3.05, 3.63) is 69.8 Å². The van der Waals surface area contributed by atoms with Gasteiger partial charge in [0.1, 0.15) is 11.8 Å². The molecule has 0 spiro atoms. The number of nitrogens with zero attached hydrogens (tertiary/aromatic N) is 6. The average Bonchev–Trinajstić information content (AvgIpc) is 3.77. The Bertz CT molecular complexity index is 1590. The van der Waals surface area contributed by atoms with Crippen LogP contribution in [0.2, 0.25) is 0 Å². The van der Waals surface area contributed by atoms with E-state index in [0.29, 0.717) is 12.2 Å². The highest BCUT2D eigenvalue weighted by atomic mass is 16.7. The third kappa shape index (κ3) is 5.15. The zero-order valence-corrected chi connectivity index (χ0v) is 23.3. The van der Waals surface area contributed by atoms with Crippen LogP contribution in [-0.2, 0) is 6.54 Å². The number of pyridine rings is 1. The van der Waals surface area contributed by atoms with Gasteiger partial charge in [0.05, 0.1) is 12.6 Å². The highest BCUT2D eigenvalue weighted by Crippen LogP contribution is 2.35. The van der Waals surface area contributed by atoms with Crippen LogP contribution in [0.4, 0.5) is 0 Å². The maximum absolute atomic E-state index is 13.6. The minimum atomic E-state index is -0.359. The third-order valence-electron chi connectivity index (χ3n) is 8.50. The fraction of sp³-hybridized carbons (Fsp3) is 0.467. The molecule has 11 nitrogen and oxygen atoms in total. The number of hydrogen-bond acceptors (Lipinski definition) is 9. The first-order valence-electron chi connectivity index (χ1n) is 14.6. The fourth-order valence-corrected chi connectivity index (χ4v) is 6.43. The molecule has 1 N–H and O–H groups in total. The molecule has 2 aromatic heterocycles. The van der Waals surface area contributed by atoms with Crippen LogP contribution in [0.15, 0.2) is 47.3 Å². The summed E-state index contributed by atoms with van der Waals surface area (Å²) in [6, 6.07) is 13.8. The number of hydrogen-bond donors (Lipinski definition) is 1. The van der Waals surface area contributed by atoms with Gasteiger partial charge in [-0.2, -0.15) is 0 Å². The smallest absolute Gasteiger partial charge is 0.253 e. The van der Waals surface area contributed by atoms with Crippen LogP contribution < -0.4 is 19.8 Å². The highest BCUT2D eigenvalue weighted by Gasteiger charge is 2.35. The second-order valence-corrected chi connectivity index (χ2v) is 11.1. The Hall–Kier alpha value is -3.96. The summed E-state index contributed by atoms with van der Waals surface area (Å²) in [4.78, 5) is 21.5. The van der Waals surface area contributed by atoms with Crippen molar-refractivity contribution in [2.75, 3.05) is 39.6 Å². The Morgan fingerprint density at radius 1 is 1.02 bits per heavy atom. The summed E-state index contributed by atoms with van der Waals surface area (Å²) >= 11 is 0. The maximum atomic E-state index is 13.6. The maximum Gasteiger partial charge on any atom is 0.253 e. The van der Waals surface area contributed by atoms with Crippen LogP contribution in [0.5, 0.6) is 17.2 Å². The summed E-state index contributed by atoms with van der Waals surface area (Å²) in [5.41, 5.74) is 2.52. The number of aromatic amines is 1. The molecule has 0 radical (unpaired) electrons. The molecule has 1 aliphatic carbocycles. The first-order valence-corrected chi connectivity index (χ1v) is 14.6. The number of H-pyrrole nitrogens is 1. The Labute approximate surface area is 238 Å². The number of nitrogens with one attached hydrogen (secondary N) is 1. The van der Waals surface area contributed by atoms with Crippen LogP contribution in [0.3, 0.4) is 0 Å². The van der Waals surface area contributed by atoms with Gasteiger partial charge in [-0.15, -0.1) is 5.10 Å². The minimum absolute atomic E-state index is 0.115. The summed E-state index contributed by atoms with van der Waals surface area (Å²) in [7, 11) is 0. The number of rotatable bonds is 8. The number of piperazine rings is 1. The van der Waals surface area contributed by atoms with Gasteiger partial charge in [-0.25, -0.2) is 4.68 Å². The van der Waals surface area contributed by atoms with Crippen molar-refractivity contribution in [2.24, 2.45) is 0 Å². The molecule has 1 atom stereocenters. The lowest BCUT2D eigenvalue weighted by molar-refractivity contribution is 0.0988. The minimum Gasteiger partial charge on any atom is -0.494 e. The predicted molar refractivity (Wildman–Crippen MR) is 152 cm³/mol. The van der Waals surface area contributed by atoms with Gasteiger partial charge in [0.15, 0.2) is 17.3 Å². The molecule has 11 heteroatoms. The predicted octanol–water partition coefficient (Wildman–Crippen LogP) is 3.66. The molecule has 7 rings (SSSR count). The van der Waals surface area contributed by atoms with E-state index in [1.807, 2.05) is 41.9 Å². The molecule has 4 aromatic rings. The van der Waals surface area contributed by atoms with Gasteiger partial charge in [0, 0.05) is 49.2 Å². The second kappa shape index (κ2) is 11.1. The van der Waals surface area contributed by atoms with Gasteiger partial charge in [-0.05, 0) is 72.2 Å². The van der Waals surface area contributed by atoms with Gasteiger partial charge in [-0.3, -0.25) is 14.6 Å². The summed E-state index contributed by atoms with van der Waals surface area (Å²) in [5.74, 6) is 3.13. The number of benzene rings is 2. The Morgan fingerprint density at radius 3 is 2.68 bits per heavy atom. The zero-order valence-electron chi connectivity index (χ0n) is 23.3. The van der Waals surface area contributed by atoms with E-state index in [9.17, 15) is 4.79 Å². The van der Waals surface area contributed by atoms with Gasteiger partial charge >= 0.3 is 0 Å². The standard InChI is InChI=1S/C30H35N7O4/c1-2-39-23-8-9-25-21(16-23)17-24(30(38)31-25)28(29-32-33-34-37(29)22-5-3-4-6-22)36-13-11-35(12-14-36)18-20-7-10-26-27(15-20)41-19-40-26/h7-10,15-17,22,28H,2-6,11-14,18-19H2,1H3,(H,31,38). The number of fused-ring (bicyclic) bond motifs is 2. The Balaban J connectivity index is 1.19. The Kier molecular flexibility index (Phi) is 7.05. The van der Waals surface area contributed by atoms with E-state index in [-0.39, 0.29) is 24.4 Å². The third-order valence-corrected chi connectivity index (χ3v) is 8.50. The lowest BCUT2D eigenvalue weighted by Gasteiger charge is -2.39. The molecule has 2 fully saturated rings. The molecule has 2 aliphatic heterocycles. The monoisotopic (exact) mass is 557 g/mol. The van der Waals surface area contributed by atoms with Crippen molar-refractivity contribution in [3.8, 4) is 17.2 Å². The molecule has 3 aliphatic rings. The largest absolute Gasteiger partial charge is 0.494 e. The molecule has 1 unspecified atom stereocenters. The zero-order chi connectivity index (χ0) is 27.8. The topological polar surface area (TPSA) is 111 Å². The summed E-state index contributed by atoms with van der Waals surface area (Å²) < 4.78 is 18.8. The van der Waals surface area contributed by atoms with E-state index < -0.39 is 0 Å². The van der Waals surface area contributed by atoms with E-state index in [1.165, 1.54) is 18.4 Å². The SMILES string of the molecule is CCOc1ccc2[nH]c(=O)c(C(c3nnnn3C3CCCC3)N3CCN(Cc4ccc5c(c4)OCO5)CC3)cc2c1. The normalized spacial score (nSPS) is 18.8. The van der Waals surface area contributed by atoms with E-state index >= 15 is 0 Å². The Morgan fingerprint density at radius 2 is 1.85 bits per heavy atom. The molecular weight excluding hydrogens is 522 g/mol. The number of tetrazole rings is 1. The van der Waals surface area contributed by atoms with E-state index in [0.717, 1.165) is 79.5 Å². The van der Waals surface area contributed by atoms with Crippen LogP contribution in [-0.4, -0.2) is 74.6 Å². The number of aromatic nitrogens is 5. The van der Waals surface area contributed by atoms with Gasteiger partial charge < -0.3 is 19.2 Å². The van der Waals surface area contributed by atoms with Gasteiger partial charge in [0.25, 0.3) is 5.56 Å². The molecular formula is C30H35N7O4. The molecule has 1 saturated heterocycles. The first-order chi connectivity index (χ1) is 20.2. The molecule has 2 aromatic carbocycles. The molecule has 214 valence electrons. The van der Waals surface area contributed by atoms with E-state index in [1.54, 1.807) is 0 Å². The van der Waals surface area contributed by atoms with Crippen LogP contribution in [0.25, 0.3) is 10.9 Å². The van der Waals surface area contributed by atoms with Gasteiger partial charge in [0.2, 0.25) is 6.79 Å². The van der Waals surface area contributed by atoms with Crippen molar-refractivity contribution >= 4 is 10.9 Å². The fourth-order valence-electron chi connectivity index (χ4n) is 6.43. The van der Waals surface area contributed by atoms with Crippen molar-refractivity contribution in [1.82, 2.24) is 35.0 Å². The van der Waals surface area contributed by atoms with Crippen molar-refractivity contribution < 1.29 is 14.2 Å². The van der Waals surface area contributed by atoms with Crippen molar-refractivity contribution in [1.29, 1.82) is 0 Å². The molecule has 0 amide bonds. The lowest BCUT2D eigenvalue weighted by atomic mass is 10.0. The summed E-state index contributed by atoms with van der Waals surface area (Å²) in [6.07, 6.45) is 4.45. The molecule has 1 saturated carbocycles. The molecule has 4 heterocycles. The van der Waals surface area contributed by atoms with Crippen molar-refractivity contribution in [2.45, 2.75) is 51.2 Å².